The zero-order valence-corrected chi connectivity index (χ0v) is 18.9. The first-order valence-electron chi connectivity index (χ1n) is 9.33. The summed E-state index contributed by atoms with van der Waals surface area (Å²) in [6.45, 7) is 3.50. The molecule has 0 saturated heterocycles. The van der Waals surface area contributed by atoms with Crippen LogP contribution in [0, 0.1) is 20.2 Å². The second-order valence-electron chi connectivity index (χ2n) is 6.64. The van der Waals surface area contributed by atoms with E-state index in [1.807, 2.05) is 0 Å². The second-order valence-corrected chi connectivity index (χ2v) is 9.25. The fraction of sp³-hybridized carbons (Fsp3) is 0.316. The SMILES string of the molecule is CCC(CC)S(=O)(=O)c1ccc(OC)c(NC(=O)c2cc([N+](=O)[O-])c(Cl)c([N+](=O)[O-])c2)c1. The number of benzene rings is 2. The number of carbonyl (C=O) groups excluding carboxylic acids is 1. The molecule has 0 unspecified atom stereocenters. The molecule has 11 nitrogen and oxygen atoms in total. The van der Waals surface area contributed by atoms with Crippen molar-refractivity contribution >= 4 is 44.4 Å². The van der Waals surface area contributed by atoms with E-state index in [2.05, 4.69) is 5.32 Å². The van der Waals surface area contributed by atoms with Crippen molar-refractivity contribution in [2.24, 2.45) is 0 Å². The van der Waals surface area contributed by atoms with E-state index in [0.717, 1.165) is 12.1 Å². The van der Waals surface area contributed by atoms with Crippen LogP contribution in [0.2, 0.25) is 5.02 Å². The second kappa shape index (κ2) is 9.92. The molecule has 0 heterocycles. The topological polar surface area (TPSA) is 159 Å². The molecule has 0 aliphatic rings. The van der Waals surface area contributed by atoms with Crippen molar-refractivity contribution < 1.29 is 27.8 Å². The van der Waals surface area contributed by atoms with Crippen molar-refractivity contribution in [3.05, 3.63) is 61.1 Å². The van der Waals surface area contributed by atoms with Gasteiger partial charge in [-0.25, -0.2) is 8.42 Å². The first kappa shape index (κ1) is 25.0. The Kier molecular flexibility index (Phi) is 7.75. The molecule has 0 saturated carbocycles. The summed E-state index contributed by atoms with van der Waals surface area (Å²) in [5, 5.41) is 23.4. The van der Waals surface area contributed by atoms with Gasteiger partial charge < -0.3 is 10.1 Å². The summed E-state index contributed by atoms with van der Waals surface area (Å²) >= 11 is 5.71. The van der Waals surface area contributed by atoms with E-state index in [4.69, 9.17) is 16.3 Å². The number of rotatable bonds is 9. The summed E-state index contributed by atoms with van der Waals surface area (Å²) in [6, 6.07) is 5.50. The van der Waals surface area contributed by atoms with Gasteiger partial charge in [-0.1, -0.05) is 25.4 Å². The molecule has 13 heteroatoms. The summed E-state index contributed by atoms with van der Waals surface area (Å²) in [4.78, 5) is 33.2. The van der Waals surface area contributed by atoms with Gasteiger partial charge >= 0.3 is 0 Å². The minimum Gasteiger partial charge on any atom is -0.495 e. The molecule has 0 bridgehead atoms. The average molecular weight is 486 g/mol. The van der Waals surface area contributed by atoms with Crippen LogP contribution in [0.25, 0.3) is 0 Å². The highest BCUT2D eigenvalue weighted by Crippen LogP contribution is 2.36. The van der Waals surface area contributed by atoms with Gasteiger partial charge in [-0.05, 0) is 31.0 Å². The number of sulfone groups is 1. The van der Waals surface area contributed by atoms with Crippen molar-refractivity contribution in [3.8, 4) is 5.75 Å². The normalized spacial score (nSPS) is 11.3. The first-order chi connectivity index (χ1) is 15.0. The van der Waals surface area contributed by atoms with E-state index < -0.39 is 52.8 Å². The Bertz CT molecular complexity index is 1140. The molecule has 2 rings (SSSR count). The molecule has 0 aliphatic carbocycles. The third-order valence-electron chi connectivity index (χ3n) is 4.79. The Labute approximate surface area is 188 Å². The van der Waals surface area contributed by atoms with E-state index in [1.54, 1.807) is 13.8 Å². The fourth-order valence-corrected chi connectivity index (χ4v) is 5.12. The minimum atomic E-state index is -3.69. The molecular weight excluding hydrogens is 466 g/mol. The lowest BCUT2D eigenvalue weighted by Gasteiger charge is -2.16. The maximum absolute atomic E-state index is 12.9. The Morgan fingerprint density at radius 2 is 1.62 bits per heavy atom. The molecule has 0 aromatic heterocycles. The number of nitrogens with one attached hydrogen (secondary N) is 1. The number of nitro groups is 2. The van der Waals surface area contributed by atoms with Crippen LogP contribution in [-0.4, -0.2) is 36.5 Å². The van der Waals surface area contributed by atoms with E-state index in [-0.39, 0.29) is 16.3 Å². The maximum Gasteiger partial charge on any atom is 0.295 e. The van der Waals surface area contributed by atoms with Crippen molar-refractivity contribution in [3.63, 3.8) is 0 Å². The minimum absolute atomic E-state index is 0.0233. The van der Waals surface area contributed by atoms with Gasteiger partial charge in [0.2, 0.25) is 0 Å². The average Bonchev–Trinajstić information content (AvgIpc) is 2.73. The Morgan fingerprint density at radius 1 is 1.09 bits per heavy atom. The van der Waals surface area contributed by atoms with Crippen LogP contribution in [-0.2, 0) is 9.84 Å². The van der Waals surface area contributed by atoms with Crippen LogP contribution in [0.4, 0.5) is 17.1 Å². The summed E-state index contributed by atoms with van der Waals surface area (Å²) in [6.07, 6.45) is 0.787. The highest BCUT2D eigenvalue weighted by molar-refractivity contribution is 7.92. The third kappa shape index (κ3) is 4.97. The zero-order chi connectivity index (χ0) is 24.2. The van der Waals surface area contributed by atoms with Crippen molar-refractivity contribution in [1.82, 2.24) is 0 Å². The first-order valence-corrected chi connectivity index (χ1v) is 11.3. The Hall–Kier alpha value is -3.25. The fourth-order valence-electron chi connectivity index (χ4n) is 3.07. The standard InChI is InChI=1S/C19H20ClN3O8S/c1-4-12(5-2)32(29,30)13-6-7-17(31-3)14(10-13)21-19(24)11-8-15(22(25)26)18(20)16(9-11)23(27)28/h6-10,12H,4-5H2,1-3H3,(H,21,24). The number of hydrogen-bond acceptors (Lipinski definition) is 8. The number of ether oxygens (including phenoxy) is 1. The summed E-state index contributed by atoms with van der Waals surface area (Å²) in [7, 11) is -2.39. The van der Waals surface area contributed by atoms with Gasteiger partial charge in [-0.3, -0.25) is 25.0 Å². The van der Waals surface area contributed by atoms with Crippen LogP contribution in [0.15, 0.2) is 35.2 Å². The number of hydrogen-bond donors (Lipinski definition) is 1. The number of halogens is 1. The molecule has 2 aromatic carbocycles. The Balaban J connectivity index is 2.54. The lowest BCUT2D eigenvalue weighted by atomic mass is 10.1. The third-order valence-corrected chi connectivity index (χ3v) is 7.63. The van der Waals surface area contributed by atoms with Gasteiger partial charge in [-0.15, -0.1) is 0 Å². The number of methoxy groups -OCH3 is 1. The van der Waals surface area contributed by atoms with E-state index in [1.165, 1.54) is 25.3 Å². The number of amides is 1. The quantitative estimate of drug-likeness (QED) is 0.404. The predicted octanol–water partition coefficient (Wildman–Crippen LogP) is 4.38. The highest BCUT2D eigenvalue weighted by atomic mass is 35.5. The molecule has 0 aliphatic heterocycles. The van der Waals surface area contributed by atoms with Gasteiger partial charge in [0.1, 0.15) is 5.75 Å². The van der Waals surface area contributed by atoms with Crippen LogP contribution in [0.1, 0.15) is 37.0 Å². The summed E-state index contributed by atoms with van der Waals surface area (Å²) in [5.74, 6) is -0.831. The molecule has 1 amide bonds. The van der Waals surface area contributed by atoms with Gasteiger partial charge in [0.15, 0.2) is 14.9 Å². The molecule has 172 valence electrons. The molecule has 0 atom stereocenters. The zero-order valence-electron chi connectivity index (χ0n) is 17.3. The smallest absolute Gasteiger partial charge is 0.295 e. The van der Waals surface area contributed by atoms with Crippen LogP contribution in [0.3, 0.4) is 0 Å². The number of nitro benzene ring substituents is 2. The molecule has 0 fully saturated rings. The van der Waals surface area contributed by atoms with Crippen molar-refractivity contribution in [1.29, 1.82) is 0 Å². The lowest BCUT2D eigenvalue weighted by Crippen LogP contribution is -2.20. The molecule has 0 radical (unpaired) electrons. The summed E-state index contributed by atoms with van der Waals surface area (Å²) in [5.41, 5.74) is -2.07. The number of anilines is 1. The maximum atomic E-state index is 12.9. The highest BCUT2D eigenvalue weighted by Gasteiger charge is 2.29. The van der Waals surface area contributed by atoms with Crippen LogP contribution < -0.4 is 10.1 Å². The van der Waals surface area contributed by atoms with Crippen LogP contribution >= 0.6 is 11.6 Å². The van der Waals surface area contributed by atoms with Gasteiger partial charge in [0.25, 0.3) is 17.3 Å². The lowest BCUT2D eigenvalue weighted by molar-refractivity contribution is -0.393. The van der Waals surface area contributed by atoms with Gasteiger partial charge in [-0.2, -0.15) is 0 Å². The Morgan fingerprint density at radius 3 is 2.06 bits per heavy atom. The molecule has 0 spiro atoms. The number of carbonyl (C=O) groups is 1. The molecule has 2 aromatic rings. The van der Waals surface area contributed by atoms with E-state index in [9.17, 15) is 33.4 Å². The van der Waals surface area contributed by atoms with Crippen LogP contribution in [0.5, 0.6) is 5.75 Å². The molecule has 32 heavy (non-hydrogen) atoms. The van der Waals surface area contributed by atoms with E-state index >= 15 is 0 Å². The molecular formula is C19H20ClN3O8S. The van der Waals surface area contributed by atoms with Crippen molar-refractivity contribution in [2.45, 2.75) is 36.8 Å². The van der Waals surface area contributed by atoms with Crippen molar-refractivity contribution in [2.75, 3.05) is 12.4 Å². The molecule has 1 N–H and O–H groups in total. The largest absolute Gasteiger partial charge is 0.495 e. The van der Waals surface area contributed by atoms with Gasteiger partial charge in [0, 0.05) is 12.1 Å². The predicted molar refractivity (Wildman–Crippen MR) is 117 cm³/mol. The monoisotopic (exact) mass is 485 g/mol. The number of nitrogens with zero attached hydrogens (tertiary/aromatic N) is 2. The van der Waals surface area contributed by atoms with E-state index in [0.29, 0.717) is 12.8 Å². The summed E-state index contributed by atoms with van der Waals surface area (Å²) < 4.78 is 30.9. The van der Waals surface area contributed by atoms with Gasteiger partial charge in [0.05, 0.1) is 38.4 Å².